The van der Waals surface area contributed by atoms with Gasteiger partial charge in [-0.05, 0) is 60.8 Å². The van der Waals surface area contributed by atoms with Crippen molar-refractivity contribution in [1.29, 1.82) is 0 Å². The highest BCUT2D eigenvalue weighted by Gasteiger charge is 2.23. The molecule has 0 spiro atoms. The van der Waals surface area contributed by atoms with Crippen molar-refractivity contribution in [2.24, 2.45) is 5.92 Å². The summed E-state index contributed by atoms with van der Waals surface area (Å²) in [5.74, 6) is 1.98. The van der Waals surface area contributed by atoms with E-state index in [1.54, 1.807) is 13.3 Å². The van der Waals surface area contributed by atoms with Gasteiger partial charge in [0, 0.05) is 24.5 Å². The zero-order valence-corrected chi connectivity index (χ0v) is 16.9. The van der Waals surface area contributed by atoms with Crippen LogP contribution in [-0.2, 0) is 0 Å². The molecule has 0 bridgehead atoms. The molecule has 1 heterocycles. The van der Waals surface area contributed by atoms with E-state index in [-0.39, 0.29) is 5.91 Å². The van der Waals surface area contributed by atoms with Crippen LogP contribution in [0.25, 0.3) is 11.1 Å². The smallest absolute Gasteiger partial charge is 0.253 e. The van der Waals surface area contributed by atoms with E-state index in [2.05, 4.69) is 40.6 Å². The highest BCUT2D eigenvalue weighted by atomic mass is 16.5. The van der Waals surface area contributed by atoms with Crippen molar-refractivity contribution in [3.8, 4) is 16.9 Å². The van der Waals surface area contributed by atoms with Gasteiger partial charge in [0.2, 0.25) is 0 Å². The largest absolute Gasteiger partial charge is 0.497 e. The summed E-state index contributed by atoms with van der Waals surface area (Å²) in [6.45, 7) is 0.739. The molecule has 1 aromatic heterocycles. The van der Waals surface area contributed by atoms with E-state index in [0.717, 1.165) is 36.3 Å². The molecule has 1 amide bonds. The number of benzene rings is 2. The summed E-state index contributed by atoms with van der Waals surface area (Å²) >= 11 is 0. The third kappa shape index (κ3) is 4.53. The predicted molar refractivity (Wildman–Crippen MR) is 116 cm³/mol. The molecule has 0 radical (unpaired) electrons. The van der Waals surface area contributed by atoms with Gasteiger partial charge in [-0.3, -0.25) is 4.79 Å². The van der Waals surface area contributed by atoms with Gasteiger partial charge in [-0.1, -0.05) is 42.5 Å². The number of carbonyl (C=O) groups is 1. The summed E-state index contributed by atoms with van der Waals surface area (Å²) in [4.78, 5) is 15.9. The van der Waals surface area contributed by atoms with Crippen LogP contribution in [-0.4, -0.2) is 24.5 Å². The van der Waals surface area contributed by atoms with Crippen molar-refractivity contribution >= 4 is 5.91 Å². The molecule has 4 rings (SSSR count). The molecular formula is C25H28N2O2. The minimum absolute atomic E-state index is 0.0192. The van der Waals surface area contributed by atoms with Crippen molar-refractivity contribution in [2.75, 3.05) is 13.7 Å². The third-order valence-corrected chi connectivity index (χ3v) is 6.04. The third-order valence-electron chi connectivity index (χ3n) is 6.04. The molecule has 3 aromatic rings. The first-order valence-corrected chi connectivity index (χ1v) is 10.4. The number of rotatable bonds is 6. The lowest BCUT2D eigenvalue weighted by atomic mass is 9.78. The molecule has 1 aliphatic rings. The van der Waals surface area contributed by atoms with Crippen molar-refractivity contribution in [3.05, 3.63) is 78.1 Å². The lowest BCUT2D eigenvalue weighted by Gasteiger charge is -2.29. The number of methoxy groups -OCH3 is 1. The van der Waals surface area contributed by atoms with Crippen LogP contribution in [0.2, 0.25) is 0 Å². The lowest BCUT2D eigenvalue weighted by molar-refractivity contribution is 0.0943. The second-order valence-corrected chi connectivity index (χ2v) is 7.85. The first kappa shape index (κ1) is 19.3. The van der Waals surface area contributed by atoms with Gasteiger partial charge in [-0.25, -0.2) is 0 Å². The molecule has 4 heteroatoms. The van der Waals surface area contributed by atoms with E-state index in [9.17, 15) is 4.79 Å². The Labute approximate surface area is 172 Å². The average Bonchev–Trinajstić information content (AvgIpc) is 3.29. The second-order valence-electron chi connectivity index (χ2n) is 7.85. The van der Waals surface area contributed by atoms with Crippen LogP contribution in [0.15, 0.2) is 67.0 Å². The monoisotopic (exact) mass is 388 g/mol. The Bertz CT molecular complexity index is 940. The molecule has 0 aliphatic heterocycles. The normalized spacial score (nSPS) is 18.9. The van der Waals surface area contributed by atoms with Crippen LogP contribution in [0.5, 0.6) is 5.75 Å². The average molecular weight is 389 g/mol. The molecule has 0 atom stereocenters. The molecule has 0 saturated heterocycles. The number of nitrogens with one attached hydrogen (secondary N) is 2. The Hall–Kier alpha value is -3.01. The Morgan fingerprint density at radius 1 is 1.03 bits per heavy atom. The fourth-order valence-corrected chi connectivity index (χ4v) is 4.34. The first-order valence-electron chi connectivity index (χ1n) is 10.4. The SMILES string of the molecule is COc1cccc(-c2c[nH]cc2C(=O)NCC2CCC(c3ccccc3)CC2)c1. The minimum Gasteiger partial charge on any atom is -0.497 e. The summed E-state index contributed by atoms with van der Waals surface area (Å²) in [6, 6.07) is 18.6. The van der Waals surface area contributed by atoms with Crippen LogP contribution in [0.4, 0.5) is 0 Å². The van der Waals surface area contributed by atoms with Gasteiger partial charge in [-0.2, -0.15) is 0 Å². The molecule has 150 valence electrons. The fourth-order valence-electron chi connectivity index (χ4n) is 4.34. The van der Waals surface area contributed by atoms with Crippen LogP contribution < -0.4 is 10.1 Å². The highest BCUT2D eigenvalue weighted by Crippen LogP contribution is 2.35. The Balaban J connectivity index is 1.34. The molecule has 2 N–H and O–H groups in total. The van der Waals surface area contributed by atoms with E-state index in [4.69, 9.17) is 4.74 Å². The number of amides is 1. The number of aromatic nitrogens is 1. The van der Waals surface area contributed by atoms with Crippen molar-refractivity contribution in [2.45, 2.75) is 31.6 Å². The lowest BCUT2D eigenvalue weighted by Crippen LogP contribution is -2.31. The van der Waals surface area contributed by atoms with Gasteiger partial charge < -0.3 is 15.0 Å². The molecular weight excluding hydrogens is 360 g/mol. The summed E-state index contributed by atoms with van der Waals surface area (Å²) in [5.41, 5.74) is 4.00. The Morgan fingerprint density at radius 2 is 1.83 bits per heavy atom. The summed E-state index contributed by atoms with van der Waals surface area (Å²) < 4.78 is 5.31. The van der Waals surface area contributed by atoms with Gasteiger partial charge in [-0.15, -0.1) is 0 Å². The maximum Gasteiger partial charge on any atom is 0.253 e. The Kier molecular flexibility index (Phi) is 5.99. The van der Waals surface area contributed by atoms with E-state index in [1.165, 1.54) is 18.4 Å². The van der Waals surface area contributed by atoms with E-state index >= 15 is 0 Å². The van der Waals surface area contributed by atoms with E-state index in [1.807, 2.05) is 30.5 Å². The number of hydrogen-bond acceptors (Lipinski definition) is 2. The van der Waals surface area contributed by atoms with Crippen molar-refractivity contribution < 1.29 is 9.53 Å². The fraction of sp³-hybridized carbons (Fsp3) is 0.320. The maximum absolute atomic E-state index is 12.8. The predicted octanol–water partition coefficient (Wildman–Crippen LogP) is 5.39. The molecule has 2 aromatic carbocycles. The second kappa shape index (κ2) is 8.99. The molecule has 1 fully saturated rings. The molecule has 1 aliphatic carbocycles. The van der Waals surface area contributed by atoms with E-state index < -0.39 is 0 Å². The van der Waals surface area contributed by atoms with Crippen molar-refractivity contribution in [1.82, 2.24) is 10.3 Å². The topological polar surface area (TPSA) is 54.1 Å². The van der Waals surface area contributed by atoms with Crippen LogP contribution in [0, 0.1) is 5.92 Å². The zero-order chi connectivity index (χ0) is 20.1. The molecule has 4 nitrogen and oxygen atoms in total. The summed E-state index contributed by atoms with van der Waals surface area (Å²) in [6.07, 6.45) is 8.37. The first-order chi connectivity index (χ1) is 14.2. The van der Waals surface area contributed by atoms with Crippen molar-refractivity contribution in [3.63, 3.8) is 0 Å². The number of ether oxygens (including phenoxy) is 1. The van der Waals surface area contributed by atoms with Crippen LogP contribution in [0.3, 0.4) is 0 Å². The van der Waals surface area contributed by atoms with Gasteiger partial charge >= 0.3 is 0 Å². The van der Waals surface area contributed by atoms with Gasteiger partial charge in [0.05, 0.1) is 12.7 Å². The standard InChI is InChI=1S/C25H28N2O2/c1-29-22-9-5-8-21(14-22)23-16-26-17-24(23)25(28)27-15-18-10-12-20(13-11-18)19-6-3-2-4-7-19/h2-9,14,16-18,20,26H,10-13,15H2,1H3,(H,27,28). The zero-order valence-electron chi connectivity index (χ0n) is 16.9. The Morgan fingerprint density at radius 3 is 2.59 bits per heavy atom. The minimum atomic E-state index is -0.0192. The highest BCUT2D eigenvalue weighted by molar-refractivity contribution is 6.00. The number of hydrogen-bond donors (Lipinski definition) is 2. The maximum atomic E-state index is 12.8. The van der Waals surface area contributed by atoms with E-state index in [0.29, 0.717) is 17.4 Å². The molecule has 0 unspecified atom stereocenters. The summed E-state index contributed by atoms with van der Waals surface area (Å²) in [5, 5.41) is 3.16. The molecule has 1 saturated carbocycles. The summed E-state index contributed by atoms with van der Waals surface area (Å²) in [7, 11) is 1.65. The van der Waals surface area contributed by atoms with Crippen LogP contribution in [0.1, 0.15) is 47.5 Å². The van der Waals surface area contributed by atoms with Gasteiger partial charge in [0.1, 0.15) is 5.75 Å². The number of aromatic amines is 1. The van der Waals surface area contributed by atoms with Gasteiger partial charge in [0.15, 0.2) is 0 Å². The molecule has 29 heavy (non-hydrogen) atoms. The number of H-pyrrole nitrogens is 1. The van der Waals surface area contributed by atoms with Gasteiger partial charge in [0.25, 0.3) is 5.91 Å². The van der Waals surface area contributed by atoms with Crippen LogP contribution >= 0.6 is 0 Å². The quantitative estimate of drug-likeness (QED) is 0.594. The number of carbonyl (C=O) groups excluding carboxylic acids is 1.